The zero-order chi connectivity index (χ0) is 42.0. The van der Waals surface area contributed by atoms with E-state index in [1.165, 1.54) is 44.3 Å². The van der Waals surface area contributed by atoms with E-state index in [2.05, 4.69) is 220 Å². The zero-order valence-corrected chi connectivity index (χ0v) is 35.7. The van der Waals surface area contributed by atoms with Gasteiger partial charge in [0, 0.05) is 76.3 Å². The minimum atomic E-state index is 0.0155. The molecule has 10 aromatic rings. The smallest absolute Gasteiger partial charge is 0.225 e. The van der Waals surface area contributed by atoms with Gasteiger partial charge in [-0.1, -0.05) is 113 Å². The van der Waals surface area contributed by atoms with Gasteiger partial charge >= 0.3 is 0 Å². The number of nitrogens with zero attached hydrogens (tertiary/aromatic N) is 5. The Bertz CT molecular complexity index is 3390. The average Bonchev–Trinajstić information content (AvgIpc) is 3.56. The van der Waals surface area contributed by atoms with Gasteiger partial charge in [-0.2, -0.15) is 9.18 Å². The van der Waals surface area contributed by atoms with Crippen molar-refractivity contribution < 1.29 is 4.74 Å². The minimum Gasteiger partial charge on any atom is -0.457 e. The first-order chi connectivity index (χ1) is 30.1. The molecule has 0 spiro atoms. The number of pyridine rings is 1. The Morgan fingerprint density at radius 3 is 1.82 bits per heavy atom. The fourth-order valence-corrected chi connectivity index (χ4v) is 10.4. The molecule has 5 heterocycles. The van der Waals surface area contributed by atoms with Gasteiger partial charge in [-0.3, -0.25) is 4.57 Å². The van der Waals surface area contributed by atoms with Crippen LogP contribution >= 0.6 is 0 Å². The highest BCUT2D eigenvalue weighted by molar-refractivity contribution is 6.10. The lowest BCUT2D eigenvalue weighted by atomic mass is 9.87. The van der Waals surface area contributed by atoms with Gasteiger partial charge in [-0.15, -0.1) is 0 Å². The van der Waals surface area contributed by atoms with Crippen LogP contribution in [0.2, 0.25) is 0 Å². The summed E-state index contributed by atoms with van der Waals surface area (Å²) in [5, 5.41) is 4.81. The van der Waals surface area contributed by atoms with Crippen molar-refractivity contribution in [3.63, 3.8) is 0 Å². The summed E-state index contributed by atoms with van der Waals surface area (Å²) in [6.45, 7) is 13.9. The van der Waals surface area contributed by atoms with Crippen LogP contribution in [0.25, 0.3) is 55.1 Å². The number of quaternary nitrogens is 2. The summed E-state index contributed by atoms with van der Waals surface area (Å²) in [6.07, 6.45) is 2.94. The van der Waals surface area contributed by atoms with E-state index in [4.69, 9.17) is 9.72 Å². The molecule has 1 saturated heterocycles. The van der Waals surface area contributed by atoms with Crippen LogP contribution < -0.4 is 13.9 Å². The van der Waals surface area contributed by atoms with Gasteiger partial charge in [-0.05, 0) is 71.3 Å². The van der Waals surface area contributed by atoms with Gasteiger partial charge in [-0.25, -0.2) is 4.98 Å². The molecule has 62 heavy (non-hydrogen) atoms. The SMILES string of the molecule is CC(C)Cc1ccnc(-n2c3ccccc3c3ccc(Oc4cc(-n5c6ccccc6c6ccccc65)cc([N+]56[CH-][N@+]5(c5cccc(C(C)(C)C)c5)c5ccccc56)c4)cc32)c1. The van der Waals surface area contributed by atoms with Crippen LogP contribution in [0, 0.1) is 12.6 Å². The molecule has 0 N–H and O–H groups in total. The third-order valence-corrected chi connectivity index (χ3v) is 13.2. The number of hydrogen-bond acceptors (Lipinski definition) is 2. The van der Waals surface area contributed by atoms with E-state index in [9.17, 15) is 0 Å². The maximum atomic E-state index is 7.15. The molecule has 2 aliphatic rings. The molecule has 2 aliphatic heterocycles. The molecular weight excluding hydrogens is 759 g/mol. The average molecular weight is 807 g/mol. The van der Waals surface area contributed by atoms with Crippen molar-refractivity contribution in [3.8, 4) is 23.0 Å². The predicted molar refractivity (Wildman–Crippen MR) is 257 cm³/mol. The summed E-state index contributed by atoms with van der Waals surface area (Å²) in [7, 11) is 0. The van der Waals surface area contributed by atoms with Gasteiger partial charge in [0.2, 0.25) is 11.4 Å². The molecule has 0 radical (unpaired) electrons. The maximum absolute atomic E-state index is 7.15. The number of rotatable bonds is 8. The van der Waals surface area contributed by atoms with E-state index in [1.807, 2.05) is 6.20 Å². The third-order valence-electron chi connectivity index (χ3n) is 13.2. The quantitative estimate of drug-likeness (QED) is 0.0870. The molecule has 7 aromatic carbocycles. The van der Waals surface area contributed by atoms with Crippen LogP contribution in [0.3, 0.4) is 0 Å². The largest absolute Gasteiger partial charge is 0.457 e. The van der Waals surface area contributed by atoms with Gasteiger partial charge < -0.3 is 9.30 Å². The van der Waals surface area contributed by atoms with E-state index in [0.717, 1.165) is 62.6 Å². The lowest BCUT2D eigenvalue weighted by molar-refractivity contribution is 0.423. The number of fused-ring (bicyclic) bond motifs is 10. The minimum absolute atomic E-state index is 0.0155. The summed E-state index contributed by atoms with van der Waals surface area (Å²) < 4.78 is 13.0. The molecule has 2 atom stereocenters. The summed E-state index contributed by atoms with van der Waals surface area (Å²) in [6, 6.07) is 61.9. The molecule has 0 amide bonds. The first kappa shape index (κ1) is 36.8. The highest BCUT2D eigenvalue weighted by atomic mass is 16.5. The van der Waals surface area contributed by atoms with Crippen molar-refractivity contribution in [1.82, 2.24) is 23.3 Å². The Morgan fingerprint density at radius 2 is 1.16 bits per heavy atom. The van der Waals surface area contributed by atoms with Crippen molar-refractivity contribution in [2.24, 2.45) is 5.92 Å². The van der Waals surface area contributed by atoms with E-state index < -0.39 is 0 Å². The first-order valence-electron chi connectivity index (χ1n) is 21.8. The summed E-state index contributed by atoms with van der Waals surface area (Å²) >= 11 is 0. The van der Waals surface area contributed by atoms with Gasteiger partial charge in [0.1, 0.15) is 17.3 Å². The van der Waals surface area contributed by atoms with Gasteiger partial charge in [0.05, 0.1) is 27.8 Å². The molecule has 6 nitrogen and oxygen atoms in total. The van der Waals surface area contributed by atoms with Crippen molar-refractivity contribution in [1.29, 1.82) is 0 Å². The summed E-state index contributed by atoms with van der Waals surface area (Å²) in [5.74, 6) is 3.00. The molecule has 12 rings (SSSR count). The lowest BCUT2D eigenvalue weighted by Crippen LogP contribution is -2.46. The maximum Gasteiger partial charge on any atom is 0.225 e. The van der Waals surface area contributed by atoms with Crippen LogP contribution in [0.5, 0.6) is 11.5 Å². The second-order valence-electron chi connectivity index (χ2n) is 18.6. The topological polar surface area (TPSA) is 32.0 Å². The van der Waals surface area contributed by atoms with Crippen LogP contribution in [-0.4, -0.2) is 14.1 Å². The number of aromatic nitrogens is 3. The molecule has 0 bridgehead atoms. The second-order valence-corrected chi connectivity index (χ2v) is 18.6. The predicted octanol–water partition coefficient (Wildman–Crippen LogP) is 14.9. The first-order valence-corrected chi connectivity index (χ1v) is 21.8. The Labute approximate surface area is 362 Å². The Balaban J connectivity index is 1.06. The number of ether oxygens (including phenoxy) is 1. The highest BCUT2D eigenvalue weighted by Gasteiger charge is 2.78. The molecule has 302 valence electrons. The fourth-order valence-electron chi connectivity index (χ4n) is 10.4. The second kappa shape index (κ2) is 13.3. The number of para-hydroxylation sites is 5. The molecule has 6 heteroatoms. The van der Waals surface area contributed by atoms with Crippen molar-refractivity contribution >= 4 is 66.4 Å². The van der Waals surface area contributed by atoms with Crippen LogP contribution in [0.4, 0.5) is 22.7 Å². The fraction of sp³-hybridized carbons (Fsp3) is 0.143. The van der Waals surface area contributed by atoms with Crippen molar-refractivity contribution in [3.05, 3.63) is 194 Å². The van der Waals surface area contributed by atoms with Crippen molar-refractivity contribution in [2.75, 3.05) is 0 Å². The summed E-state index contributed by atoms with van der Waals surface area (Å²) in [5.41, 5.74) is 13.1. The monoisotopic (exact) mass is 806 g/mol. The third kappa shape index (κ3) is 5.27. The highest BCUT2D eigenvalue weighted by Crippen LogP contribution is 2.75. The molecule has 1 unspecified atom stereocenters. The lowest BCUT2D eigenvalue weighted by Gasteiger charge is -2.40. The molecule has 0 saturated carbocycles. The van der Waals surface area contributed by atoms with E-state index >= 15 is 0 Å². The standard InChI is InChI=1S/C56H48N5O/c1-37(2)29-38-27-28-57-55(30-38)59-51-22-11-8-19-47(51)48-26-25-43(35-52(48)59)62-44-33-40(58-49-20-9-6-17-45(49)46-18-7-10-21-50(46)58)32-42(34-44)61-36-60(61,53-23-12-13-24-54(53)61)41-16-14-15-39(31-41)56(3,4)5/h6-28,30-37H,29H2,1-5H3/q+1/t60-,61?/m0/s1. The number of benzene rings is 7. The Kier molecular flexibility index (Phi) is 7.87. The normalized spacial score (nSPS) is 18.0. The molecule has 0 aliphatic carbocycles. The Hall–Kier alpha value is -6.99. The summed E-state index contributed by atoms with van der Waals surface area (Å²) in [4.78, 5) is 4.93. The Morgan fingerprint density at radius 1 is 0.548 bits per heavy atom. The van der Waals surface area contributed by atoms with E-state index in [-0.39, 0.29) is 5.41 Å². The zero-order valence-electron chi connectivity index (χ0n) is 35.7. The number of hydrogen-bond donors (Lipinski definition) is 0. The van der Waals surface area contributed by atoms with E-state index in [0.29, 0.717) is 15.1 Å². The molecule has 1 fully saturated rings. The molecule has 3 aromatic heterocycles. The van der Waals surface area contributed by atoms with Gasteiger partial charge in [0.25, 0.3) is 0 Å². The van der Waals surface area contributed by atoms with Crippen LogP contribution in [0.1, 0.15) is 45.7 Å². The van der Waals surface area contributed by atoms with Gasteiger partial charge in [0.15, 0.2) is 18.0 Å². The van der Waals surface area contributed by atoms with Crippen LogP contribution in [-0.2, 0) is 11.8 Å². The van der Waals surface area contributed by atoms with Crippen LogP contribution in [0.15, 0.2) is 176 Å². The molecular formula is C56H48N5O+. The van der Waals surface area contributed by atoms with Crippen molar-refractivity contribution in [2.45, 2.75) is 46.5 Å². The van der Waals surface area contributed by atoms with E-state index in [1.54, 1.807) is 0 Å².